The van der Waals surface area contributed by atoms with Crippen LogP contribution in [0.15, 0.2) is 28.9 Å². The zero-order chi connectivity index (χ0) is 14.9. The van der Waals surface area contributed by atoms with Crippen molar-refractivity contribution in [2.45, 2.75) is 26.3 Å². The van der Waals surface area contributed by atoms with Gasteiger partial charge in [-0.3, -0.25) is 9.48 Å². The Morgan fingerprint density at radius 3 is 2.55 bits per heavy atom. The van der Waals surface area contributed by atoms with Crippen molar-refractivity contribution in [1.29, 1.82) is 0 Å². The molecule has 106 valence electrons. The highest BCUT2D eigenvalue weighted by molar-refractivity contribution is 9.10. The molecule has 0 amide bonds. The molecule has 1 heterocycles. The van der Waals surface area contributed by atoms with Gasteiger partial charge in [-0.2, -0.15) is 5.10 Å². The van der Waals surface area contributed by atoms with E-state index in [4.69, 9.17) is 4.74 Å². The Labute approximate surface area is 126 Å². The van der Waals surface area contributed by atoms with E-state index in [1.54, 1.807) is 13.3 Å². The van der Waals surface area contributed by atoms with E-state index in [1.807, 2.05) is 43.7 Å². The number of aldehydes is 1. The molecule has 0 saturated carbocycles. The molecule has 0 unspecified atom stereocenters. The number of carbonyl (C=O) groups is 1. The second-order valence-electron chi connectivity index (χ2n) is 5.51. The second-order valence-corrected chi connectivity index (χ2v) is 6.37. The number of rotatable bonds is 3. The van der Waals surface area contributed by atoms with Crippen LogP contribution in [0.4, 0.5) is 0 Å². The minimum Gasteiger partial charge on any atom is -0.497 e. The van der Waals surface area contributed by atoms with Crippen LogP contribution in [0.2, 0.25) is 0 Å². The van der Waals surface area contributed by atoms with Gasteiger partial charge in [0.1, 0.15) is 11.4 Å². The van der Waals surface area contributed by atoms with E-state index in [0.717, 1.165) is 22.1 Å². The van der Waals surface area contributed by atoms with Gasteiger partial charge in [0.05, 0.1) is 18.2 Å². The third-order valence-corrected chi connectivity index (χ3v) is 3.64. The fraction of sp³-hybridized carbons (Fsp3) is 0.333. The number of halogens is 1. The van der Waals surface area contributed by atoms with Gasteiger partial charge in [0.15, 0.2) is 6.29 Å². The molecule has 4 nitrogen and oxygen atoms in total. The Hall–Kier alpha value is -1.62. The fourth-order valence-electron chi connectivity index (χ4n) is 1.84. The number of carbonyl (C=O) groups excluding carboxylic acids is 1. The summed E-state index contributed by atoms with van der Waals surface area (Å²) >= 11 is 3.50. The van der Waals surface area contributed by atoms with Crippen molar-refractivity contribution in [1.82, 2.24) is 9.78 Å². The van der Waals surface area contributed by atoms with Crippen LogP contribution in [0.5, 0.6) is 5.75 Å². The molecule has 0 atom stereocenters. The predicted molar refractivity (Wildman–Crippen MR) is 82.3 cm³/mol. The zero-order valence-corrected chi connectivity index (χ0v) is 13.6. The quantitative estimate of drug-likeness (QED) is 0.798. The zero-order valence-electron chi connectivity index (χ0n) is 12.0. The lowest BCUT2D eigenvalue weighted by Gasteiger charge is -2.18. The molecular weight excluding hydrogens is 320 g/mol. The van der Waals surface area contributed by atoms with Crippen LogP contribution in [0.25, 0.3) is 11.3 Å². The van der Waals surface area contributed by atoms with Gasteiger partial charge >= 0.3 is 0 Å². The Morgan fingerprint density at radius 2 is 2.05 bits per heavy atom. The molecule has 0 fully saturated rings. The van der Waals surface area contributed by atoms with E-state index >= 15 is 0 Å². The number of hydrogen-bond acceptors (Lipinski definition) is 3. The number of hydrogen-bond donors (Lipinski definition) is 0. The van der Waals surface area contributed by atoms with Gasteiger partial charge in [-0.1, -0.05) is 0 Å². The maximum atomic E-state index is 11.3. The maximum absolute atomic E-state index is 11.3. The average molecular weight is 337 g/mol. The normalized spacial score (nSPS) is 11.4. The molecule has 5 heteroatoms. The first-order valence-corrected chi connectivity index (χ1v) is 7.05. The Balaban J connectivity index is 2.57. The topological polar surface area (TPSA) is 44.1 Å². The van der Waals surface area contributed by atoms with Gasteiger partial charge in [0, 0.05) is 16.2 Å². The largest absolute Gasteiger partial charge is 0.497 e. The van der Waals surface area contributed by atoms with E-state index in [-0.39, 0.29) is 5.54 Å². The minimum absolute atomic E-state index is 0.172. The monoisotopic (exact) mass is 336 g/mol. The summed E-state index contributed by atoms with van der Waals surface area (Å²) in [5.41, 5.74) is 1.95. The third-order valence-electron chi connectivity index (χ3n) is 2.99. The molecule has 1 aromatic carbocycles. The maximum Gasteiger partial charge on any atom is 0.153 e. The van der Waals surface area contributed by atoms with Crippen LogP contribution in [-0.4, -0.2) is 23.2 Å². The summed E-state index contributed by atoms with van der Waals surface area (Å²) in [4.78, 5) is 11.3. The number of nitrogens with zero attached hydrogens (tertiary/aromatic N) is 2. The first kappa shape index (κ1) is 14.8. The van der Waals surface area contributed by atoms with E-state index < -0.39 is 0 Å². The van der Waals surface area contributed by atoms with E-state index in [0.29, 0.717) is 11.3 Å². The molecule has 2 aromatic rings. The molecule has 0 aliphatic rings. The Kier molecular flexibility index (Phi) is 3.99. The van der Waals surface area contributed by atoms with Crippen molar-refractivity contribution in [3.8, 4) is 17.0 Å². The summed E-state index contributed by atoms with van der Waals surface area (Å²) in [6, 6.07) is 5.61. The summed E-state index contributed by atoms with van der Waals surface area (Å²) in [6.07, 6.45) is 2.61. The van der Waals surface area contributed by atoms with Crippen molar-refractivity contribution in [2.24, 2.45) is 0 Å². The lowest BCUT2D eigenvalue weighted by atomic mass is 10.1. The Bertz CT molecular complexity index is 642. The number of methoxy groups -OCH3 is 1. The summed E-state index contributed by atoms with van der Waals surface area (Å²) in [5.74, 6) is 0.753. The molecular formula is C15H17BrN2O2. The van der Waals surface area contributed by atoms with E-state index in [1.165, 1.54) is 0 Å². The number of aromatic nitrogens is 2. The van der Waals surface area contributed by atoms with Gasteiger partial charge in [0.25, 0.3) is 0 Å². The third kappa shape index (κ3) is 2.77. The molecule has 0 spiro atoms. The van der Waals surface area contributed by atoms with E-state index in [2.05, 4.69) is 21.0 Å². The average Bonchev–Trinajstić information content (AvgIpc) is 2.82. The van der Waals surface area contributed by atoms with Crippen molar-refractivity contribution in [3.05, 3.63) is 34.4 Å². The lowest BCUT2D eigenvalue weighted by Crippen LogP contribution is -2.22. The highest BCUT2D eigenvalue weighted by Gasteiger charge is 2.20. The highest BCUT2D eigenvalue weighted by atomic mass is 79.9. The first-order chi connectivity index (χ1) is 9.36. The summed E-state index contributed by atoms with van der Waals surface area (Å²) < 4.78 is 7.83. The summed E-state index contributed by atoms with van der Waals surface area (Å²) in [5, 5.41) is 4.55. The van der Waals surface area contributed by atoms with Crippen molar-refractivity contribution in [3.63, 3.8) is 0 Å². The molecule has 20 heavy (non-hydrogen) atoms. The first-order valence-electron chi connectivity index (χ1n) is 6.26. The van der Waals surface area contributed by atoms with Gasteiger partial charge in [-0.15, -0.1) is 0 Å². The van der Waals surface area contributed by atoms with Gasteiger partial charge in [0.2, 0.25) is 0 Å². The molecule has 0 aliphatic carbocycles. The number of ether oxygens (including phenoxy) is 1. The minimum atomic E-state index is -0.172. The SMILES string of the molecule is COc1ccc(-c2nn(C(C)(C)C)cc2C=O)c(Br)c1. The van der Waals surface area contributed by atoms with Gasteiger partial charge in [-0.05, 0) is 54.9 Å². The predicted octanol–water partition coefficient (Wildman–Crippen LogP) is 3.89. The molecule has 0 aliphatic heterocycles. The molecule has 0 saturated heterocycles. The van der Waals surface area contributed by atoms with Crippen LogP contribution in [-0.2, 0) is 5.54 Å². The smallest absolute Gasteiger partial charge is 0.153 e. The summed E-state index contributed by atoms with van der Waals surface area (Å²) in [7, 11) is 1.62. The molecule has 2 rings (SSSR count). The molecule has 0 N–H and O–H groups in total. The van der Waals surface area contributed by atoms with Gasteiger partial charge in [-0.25, -0.2) is 0 Å². The van der Waals surface area contributed by atoms with Crippen molar-refractivity contribution >= 4 is 22.2 Å². The molecule has 1 aromatic heterocycles. The molecule has 0 bridgehead atoms. The van der Waals surface area contributed by atoms with Gasteiger partial charge < -0.3 is 4.74 Å². The van der Waals surface area contributed by atoms with Crippen LogP contribution >= 0.6 is 15.9 Å². The second kappa shape index (κ2) is 5.40. The Morgan fingerprint density at radius 1 is 1.35 bits per heavy atom. The standard InChI is InChI=1S/C15H17BrN2O2/c1-15(2,3)18-8-10(9-19)14(17-18)12-6-5-11(20-4)7-13(12)16/h5-9H,1-4H3. The van der Waals surface area contributed by atoms with Crippen LogP contribution in [0.1, 0.15) is 31.1 Å². The number of benzene rings is 1. The van der Waals surface area contributed by atoms with Crippen molar-refractivity contribution < 1.29 is 9.53 Å². The van der Waals surface area contributed by atoms with Crippen LogP contribution in [0, 0.1) is 0 Å². The molecule has 0 radical (unpaired) electrons. The highest BCUT2D eigenvalue weighted by Crippen LogP contribution is 2.33. The fourth-order valence-corrected chi connectivity index (χ4v) is 2.39. The summed E-state index contributed by atoms with van der Waals surface area (Å²) in [6.45, 7) is 6.13. The van der Waals surface area contributed by atoms with Crippen LogP contribution < -0.4 is 4.74 Å². The van der Waals surface area contributed by atoms with Crippen LogP contribution in [0.3, 0.4) is 0 Å². The van der Waals surface area contributed by atoms with E-state index in [9.17, 15) is 4.79 Å². The van der Waals surface area contributed by atoms with Crippen molar-refractivity contribution in [2.75, 3.05) is 7.11 Å². The lowest BCUT2D eigenvalue weighted by molar-refractivity contribution is 0.112.